The van der Waals surface area contributed by atoms with Gasteiger partial charge in [0.1, 0.15) is 5.82 Å². The van der Waals surface area contributed by atoms with Crippen LogP contribution in [-0.4, -0.2) is 19.9 Å². The number of para-hydroxylation sites is 1. The monoisotopic (exact) mass is 410 g/mol. The number of carbonyl (C=O) groups is 1. The van der Waals surface area contributed by atoms with Crippen LogP contribution in [0, 0.1) is 0 Å². The highest BCUT2D eigenvalue weighted by molar-refractivity contribution is 6.24. The summed E-state index contributed by atoms with van der Waals surface area (Å²) in [6, 6.07) is 15.2. The average Bonchev–Trinajstić information content (AvgIpc) is 3.35. The predicted octanol–water partition coefficient (Wildman–Crippen LogP) is 2.73. The lowest BCUT2D eigenvalue weighted by Crippen LogP contribution is -2.42. The van der Waals surface area contributed by atoms with Crippen LogP contribution in [0.4, 0.5) is 5.82 Å². The number of benzene rings is 2. The second-order valence-corrected chi connectivity index (χ2v) is 7.98. The zero-order valence-electron chi connectivity index (χ0n) is 16.9. The van der Waals surface area contributed by atoms with E-state index in [2.05, 4.69) is 10.3 Å². The number of fused-ring (bicyclic) bond motifs is 4. The molecule has 0 saturated heterocycles. The van der Waals surface area contributed by atoms with Crippen LogP contribution in [0.2, 0.25) is 0 Å². The summed E-state index contributed by atoms with van der Waals surface area (Å²) in [7, 11) is 3.10. The van der Waals surface area contributed by atoms with Gasteiger partial charge in [0.15, 0.2) is 5.78 Å². The summed E-state index contributed by atoms with van der Waals surface area (Å²) >= 11 is 0. The number of allylic oxidation sites excluding steroid dienone is 1. The third-order valence-corrected chi connectivity index (χ3v) is 6.41. The normalized spacial score (nSPS) is 16.8. The summed E-state index contributed by atoms with van der Waals surface area (Å²) < 4.78 is 2.54. The lowest BCUT2D eigenvalue weighted by molar-refractivity contribution is 0.103. The number of nitrogens with one attached hydrogen (secondary N) is 2. The first-order valence-electron chi connectivity index (χ1n) is 10.00. The summed E-state index contributed by atoms with van der Waals surface area (Å²) in [5.41, 5.74) is 3.90. The molecule has 2 aromatic carbocycles. The summed E-state index contributed by atoms with van der Waals surface area (Å²) in [6.07, 6.45) is 1.86. The number of hydrogen-bond acceptors (Lipinski definition) is 4. The van der Waals surface area contributed by atoms with Crippen molar-refractivity contribution in [1.82, 2.24) is 14.1 Å². The van der Waals surface area contributed by atoms with Gasteiger partial charge in [-0.05, 0) is 11.6 Å². The summed E-state index contributed by atoms with van der Waals surface area (Å²) in [4.78, 5) is 42.8. The van der Waals surface area contributed by atoms with E-state index in [0.717, 1.165) is 26.6 Å². The van der Waals surface area contributed by atoms with Crippen molar-refractivity contribution in [3.63, 3.8) is 0 Å². The van der Waals surface area contributed by atoms with E-state index in [-0.39, 0.29) is 5.78 Å². The lowest BCUT2D eigenvalue weighted by Gasteiger charge is -2.29. The average molecular weight is 410 g/mol. The molecule has 152 valence electrons. The second kappa shape index (κ2) is 5.95. The Kier molecular flexibility index (Phi) is 3.40. The number of ketones is 1. The van der Waals surface area contributed by atoms with E-state index in [9.17, 15) is 14.4 Å². The molecule has 6 rings (SSSR count). The molecule has 7 heteroatoms. The molecule has 2 aromatic heterocycles. The molecule has 0 radical (unpaired) electrons. The van der Waals surface area contributed by atoms with Gasteiger partial charge in [0.05, 0.1) is 17.2 Å². The first kappa shape index (κ1) is 17.7. The van der Waals surface area contributed by atoms with Gasteiger partial charge in [0.25, 0.3) is 5.56 Å². The Morgan fingerprint density at radius 1 is 0.871 bits per heavy atom. The smallest absolute Gasteiger partial charge is 0.332 e. The van der Waals surface area contributed by atoms with Crippen LogP contribution in [0.15, 0.2) is 69.9 Å². The minimum atomic E-state index is -0.604. The molecular weight excluding hydrogens is 392 g/mol. The van der Waals surface area contributed by atoms with Crippen molar-refractivity contribution in [3.05, 3.63) is 103 Å². The molecule has 0 spiro atoms. The summed E-state index contributed by atoms with van der Waals surface area (Å²) in [6.45, 7) is 0. The van der Waals surface area contributed by atoms with Gasteiger partial charge < -0.3 is 10.3 Å². The third kappa shape index (κ3) is 2.15. The molecule has 3 heterocycles. The van der Waals surface area contributed by atoms with Crippen LogP contribution in [0.3, 0.4) is 0 Å². The number of aromatic nitrogens is 3. The molecule has 1 unspecified atom stereocenters. The molecular formula is C24H18N4O3. The largest absolute Gasteiger partial charge is 0.361 e. The van der Waals surface area contributed by atoms with Crippen LogP contribution in [0.5, 0.6) is 0 Å². The van der Waals surface area contributed by atoms with Gasteiger partial charge in [0.2, 0.25) is 0 Å². The number of carbonyl (C=O) groups excluding carboxylic acids is 1. The Bertz CT molecular complexity index is 1600. The van der Waals surface area contributed by atoms with Crippen molar-refractivity contribution in [2.75, 3.05) is 5.32 Å². The summed E-state index contributed by atoms with van der Waals surface area (Å²) in [5.74, 6) is -0.283. The van der Waals surface area contributed by atoms with Gasteiger partial charge in [-0.2, -0.15) is 0 Å². The molecule has 0 bridgehead atoms. The Morgan fingerprint density at radius 3 is 2.39 bits per heavy atom. The molecule has 2 N–H and O–H groups in total. The van der Waals surface area contributed by atoms with Crippen molar-refractivity contribution in [2.24, 2.45) is 14.1 Å². The fourth-order valence-corrected chi connectivity index (χ4v) is 4.90. The number of Topliss-reactive ketones (excluding diaryl/α,β-unsaturated/α-hetero) is 1. The summed E-state index contributed by atoms with van der Waals surface area (Å²) in [5, 5.41) is 4.20. The highest BCUT2D eigenvalue weighted by atomic mass is 16.2. The molecule has 7 nitrogen and oxygen atoms in total. The maximum atomic E-state index is 13.5. The van der Waals surface area contributed by atoms with Crippen LogP contribution >= 0.6 is 0 Å². The Labute approximate surface area is 176 Å². The predicted molar refractivity (Wildman–Crippen MR) is 118 cm³/mol. The number of rotatable bonds is 1. The zero-order valence-corrected chi connectivity index (χ0v) is 16.9. The Hall–Kier alpha value is -4.13. The molecule has 1 aliphatic heterocycles. The van der Waals surface area contributed by atoms with Gasteiger partial charge in [0, 0.05) is 47.9 Å². The van der Waals surface area contributed by atoms with E-state index in [0.29, 0.717) is 28.2 Å². The molecule has 2 aliphatic rings. The van der Waals surface area contributed by atoms with Gasteiger partial charge in [-0.15, -0.1) is 0 Å². The van der Waals surface area contributed by atoms with E-state index in [1.807, 2.05) is 48.7 Å². The van der Waals surface area contributed by atoms with Gasteiger partial charge in [-0.1, -0.05) is 42.5 Å². The van der Waals surface area contributed by atoms with E-state index in [1.54, 1.807) is 13.1 Å². The van der Waals surface area contributed by atoms with Crippen molar-refractivity contribution in [3.8, 4) is 0 Å². The fourth-order valence-electron chi connectivity index (χ4n) is 4.90. The molecule has 4 aromatic rings. The van der Waals surface area contributed by atoms with Gasteiger partial charge in [-0.3, -0.25) is 18.7 Å². The molecule has 0 amide bonds. The first-order chi connectivity index (χ1) is 15.0. The van der Waals surface area contributed by atoms with E-state index >= 15 is 0 Å². The third-order valence-electron chi connectivity index (χ3n) is 6.41. The Morgan fingerprint density at radius 2 is 1.58 bits per heavy atom. The van der Waals surface area contributed by atoms with Crippen molar-refractivity contribution in [2.45, 2.75) is 5.92 Å². The van der Waals surface area contributed by atoms with E-state index in [1.165, 1.54) is 11.6 Å². The first-order valence-corrected chi connectivity index (χ1v) is 10.00. The number of anilines is 1. The molecule has 1 aliphatic carbocycles. The fraction of sp³-hybridized carbons (Fsp3) is 0.125. The van der Waals surface area contributed by atoms with E-state index in [4.69, 9.17) is 0 Å². The highest BCUT2D eigenvalue weighted by Gasteiger charge is 2.43. The second-order valence-electron chi connectivity index (χ2n) is 7.98. The molecule has 1 atom stereocenters. The van der Waals surface area contributed by atoms with Crippen LogP contribution in [0.25, 0.3) is 16.6 Å². The van der Waals surface area contributed by atoms with Gasteiger partial charge >= 0.3 is 5.69 Å². The number of hydrogen-bond donors (Lipinski definition) is 2. The standard InChI is InChI=1S/C24H18N4O3/c1-27-22-19(23(30)28(2)24(27)31)17(15-11-25-16-10-6-5-7-12(15)16)18-20(26-22)13-8-3-4-9-14(13)21(18)29/h3-11,17,25-26H,1-2H3. The molecule has 0 fully saturated rings. The molecule has 0 saturated carbocycles. The van der Waals surface area contributed by atoms with Crippen LogP contribution < -0.4 is 16.6 Å². The minimum absolute atomic E-state index is 0.102. The minimum Gasteiger partial charge on any atom is -0.361 e. The lowest BCUT2D eigenvalue weighted by atomic mass is 9.81. The van der Waals surface area contributed by atoms with Crippen LogP contribution in [0.1, 0.15) is 33.0 Å². The molecule has 31 heavy (non-hydrogen) atoms. The SMILES string of the molecule is Cn1c2c(c(=O)n(C)c1=O)C(c1c[nH]c3ccccc13)C1=C(N2)c2ccccc2C1=O. The number of aromatic amines is 1. The quantitative estimate of drug-likeness (QED) is 0.505. The highest BCUT2D eigenvalue weighted by Crippen LogP contribution is 2.48. The topological polar surface area (TPSA) is 88.9 Å². The van der Waals surface area contributed by atoms with Gasteiger partial charge in [-0.25, -0.2) is 4.79 Å². The van der Waals surface area contributed by atoms with Crippen molar-refractivity contribution >= 4 is 28.2 Å². The number of H-pyrrole nitrogens is 1. The maximum absolute atomic E-state index is 13.5. The van der Waals surface area contributed by atoms with Crippen molar-refractivity contribution in [1.29, 1.82) is 0 Å². The van der Waals surface area contributed by atoms with E-state index < -0.39 is 17.2 Å². The zero-order chi connectivity index (χ0) is 21.4. The van der Waals surface area contributed by atoms with Crippen molar-refractivity contribution < 1.29 is 4.79 Å². The Balaban J connectivity index is 1.76. The maximum Gasteiger partial charge on any atom is 0.332 e. The number of nitrogens with zero attached hydrogens (tertiary/aromatic N) is 2. The van der Waals surface area contributed by atoms with Crippen LogP contribution in [-0.2, 0) is 14.1 Å².